The lowest BCUT2D eigenvalue weighted by molar-refractivity contribution is -0.133. The largest absolute Gasteiger partial charge is 0.393 e. The molecule has 2 rings (SSSR count). The minimum atomic E-state index is -0.168. The summed E-state index contributed by atoms with van der Waals surface area (Å²) in [4.78, 5) is 14.3. The van der Waals surface area contributed by atoms with Gasteiger partial charge in [0, 0.05) is 24.9 Å². The number of hydrogen-bond donors (Lipinski definition) is 1. The van der Waals surface area contributed by atoms with Crippen LogP contribution in [0, 0.1) is 5.92 Å². The van der Waals surface area contributed by atoms with E-state index in [9.17, 15) is 9.90 Å². The first-order valence-electron chi connectivity index (χ1n) is 7.71. The molecule has 1 aliphatic heterocycles. The molecule has 104 valence electrons. The molecule has 1 saturated carbocycles. The van der Waals surface area contributed by atoms with Crippen LogP contribution in [0.25, 0.3) is 0 Å². The Hall–Kier alpha value is -0.570. The number of unbranched alkanes of at least 4 members (excludes halogenated alkanes) is 2. The lowest BCUT2D eigenvalue weighted by atomic mass is 9.94. The highest BCUT2D eigenvalue weighted by molar-refractivity contribution is 5.76. The molecule has 1 aliphatic carbocycles. The monoisotopic (exact) mass is 253 g/mol. The predicted molar refractivity (Wildman–Crippen MR) is 72.2 cm³/mol. The molecule has 1 N–H and O–H groups in total. The van der Waals surface area contributed by atoms with Crippen molar-refractivity contribution in [2.45, 2.75) is 76.9 Å². The molecule has 0 bridgehead atoms. The third-order valence-electron chi connectivity index (χ3n) is 4.64. The van der Waals surface area contributed by atoms with Gasteiger partial charge in [-0.05, 0) is 32.1 Å². The highest BCUT2D eigenvalue weighted by Crippen LogP contribution is 2.36. The standard InChI is InChI=1S/C15H27NO2/c1-2-3-4-10-15(18)16-11-6-8-13(16)12-7-5-9-14(12)17/h12-14,17H,2-11H2,1H3. The van der Waals surface area contributed by atoms with Crippen molar-refractivity contribution in [1.29, 1.82) is 0 Å². The normalized spacial score (nSPS) is 32.1. The molecule has 2 aliphatic rings. The molecule has 0 aromatic carbocycles. The predicted octanol–water partition coefficient (Wildman–Crippen LogP) is 2.72. The maximum absolute atomic E-state index is 12.2. The van der Waals surface area contributed by atoms with Crippen molar-refractivity contribution in [3.05, 3.63) is 0 Å². The van der Waals surface area contributed by atoms with Gasteiger partial charge in [-0.1, -0.05) is 26.2 Å². The summed E-state index contributed by atoms with van der Waals surface area (Å²) in [6.07, 6.45) is 9.24. The van der Waals surface area contributed by atoms with Gasteiger partial charge in [0.1, 0.15) is 0 Å². The summed E-state index contributed by atoms with van der Waals surface area (Å²) in [5, 5.41) is 10.0. The highest BCUT2D eigenvalue weighted by Gasteiger charge is 2.39. The molecule has 18 heavy (non-hydrogen) atoms. The van der Waals surface area contributed by atoms with Crippen molar-refractivity contribution in [2.24, 2.45) is 5.92 Å². The van der Waals surface area contributed by atoms with Gasteiger partial charge in [-0.2, -0.15) is 0 Å². The molecule has 3 heteroatoms. The first kappa shape index (κ1) is 13.9. The number of carbonyl (C=O) groups excluding carboxylic acids is 1. The molecule has 3 unspecified atom stereocenters. The number of aliphatic hydroxyl groups excluding tert-OH is 1. The summed E-state index contributed by atoms with van der Waals surface area (Å²) in [5.41, 5.74) is 0. The van der Waals surface area contributed by atoms with Crippen LogP contribution in [0.1, 0.15) is 64.7 Å². The number of hydrogen-bond acceptors (Lipinski definition) is 2. The van der Waals surface area contributed by atoms with Crippen molar-refractivity contribution in [3.8, 4) is 0 Å². The minimum absolute atomic E-state index is 0.168. The fourth-order valence-electron chi connectivity index (χ4n) is 3.64. The van der Waals surface area contributed by atoms with E-state index in [4.69, 9.17) is 0 Å². The second-order valence-electron chi connectivity index (χ2n) is 5.92. The van der Waals surface area contributed by atoms with E-state index < -0.39 is 0 Å². The summed E-state index contributed by atoms with van der Waals surface area (Å²) >= 11 is 0. The Morgan fingerprint density at radius 2 is 2.06 bits per heavy atom. The molecule has 0 aromatic heterocycles. The van der Waals surface area contributed by atoms with Gasteiger partial charge < -0.3 is 10.0 Å². The Balaban J connectivity index is 1.88. The highest BCUT2D eigenvalue weighted by atomic mass is 16.3. The zero-order chi connectivity index (χ0) is 13.0. The minimum Gasteiger partial charge on any atom is -0.393 e. The third-order valence-corrected chi connectivity index (χ3v) is 4.64. The van der Waals surface area contributed by atoms with Gasteiger partial charge in [-0.15, -0.1) is 0 Å². The van der Waals surface area contributed by atoms with Crippen LogP contribution in [0.4, 0.5) is 0 Å². The summed E-state index contributed by atoms with van der Waals surface area (Å²) in [6.45, 7) is 3.08. The molecule has 0 spiro atoms. The Morgan fingerprint density at radius 3 is 2.72 bits per heavy atom. The number of carbonyl (C=O) groups is 1. The number of aliphatic hydroxyl groups is 1. The second kappa shape index (κ2) is 6.55. The van der Waals surface area contributed by atoms with Crippen LogP contribution >= 0.6 is 0 Å². The fourth-order valence-corrected chi connectivity index (χ4v) is 3.64. The maximum Gasteiger partial charge on any atom is 0.222 e. The molecule has 1 heterocycles. The van der Waals surface area contributed by atoms with Crippen LogP contribution in [0.15, 0.2) is 0 Å². The van der Waals surface area contributed by atoms with Crippen LogP contribution < -0.4 is 0 Å². The van der Waals surface area contributed by atoms with E-state index in [1.54, 1.807) is 0 Å². The maximum atomic E-state index is 12.2. The van der Waals surface area contributed by atoms with Crippen molar-refractivity contribution < 1.29 is 9.90 Å². The molecule has 1 saturated heterocycles. The molecule has 2 fully saturated rings. The number of likely N-dealkylation sites (tertiary alicyclic amines) is 1. The fraction of sp³-hybridized carbons (Fsp3) is 0.933. The first-order chi connectivity index (χ1) is 8.74. The Bertz CT molecular complexity index is 280. The van der Waals surface area contributed by atoms with Crippen molar-refractivity contribution in [2.75, 3.05) is 6.54 Å². The van der Waals surface area contributed by atoms with Crippen LogP contribution in [0.2, 0.25) is 0 Å². The average Bonchev–Trinajstić information content (AvgIpc) is 2.97. The van der Waals surface area contributed by atoms with Gasteiger partial charge in [-0.25, -0.2) is 0 Å². The lowest BCUT2D eigenvalue weighted by Gasteiger charge is -2.31. The van der Waals surface area contributed by atoms with E-state index in [2.05, 4.69) is 11.8 Å². The van der Waals surface area contributed by atoms with E-state index in [1.165, 1.54) is 0 Å². The molecule has 3 nitrogen and oxygen atoms in total. The van der Waals surface area contributed by atoms with Crippen LogP contribution in [-0.2, 0) is 4.79 Å². The topological polar surface area (TPSA) is 40.5 Å². The summed E-state index contributed by atoms with van der Waals surface area (Å²) in [6, 6.07) is 0.330. The van der Waals surface area contributed by atoms with Gasteiger partial charge in [0.25, 0.3) is 0 Å². The number of nitrogens with zero attached hydrogens (tertiary/aromatic N) is 1. The third kappa shape index (κ3) is 3.05. The molecule has 1 amide bonds. The smallest absolute Gasteiger partial charge is 0.222 e. The van der Waals surface area contributed by atoms with Crippen LogP contribution in [0.5, 0.6) is 0 Å². The summed E-state index contributed by atoms with van der Waals surface area (Å²) < 4.78 is 0. The molecular formula is C15H27NO2. The van der Waals surface area contributed by atoms with E-state index in [1.807, 2.05) is 0 Å². The molecule has 0 radical (unpaired) electrons. The Kier molecular flexibility index (Phi) is 5.04. The SMILES string of the molecule is CCCCCC(=O)N1CCCC1C1CCCC1O. The van der Waals surface area contributed by atoms with Gasteiger partial charge in [0.05, 0.1) is 6.10 Å². The van der Waals surface area contributed by atoms with Gasteiger partial charge >= 0.3 is 0 Å². The van der Waals surface area contributed by atoms with E-state index >= 15 is 0 Å². The van der Waals surface area contributed by atoms with Crippen LogP contribution in [0.3, 0.4) is 0 Å². The number of amides is 1. The Labute approximate surface area is 111 Å². The zero-order valence-corrected chi connectivity index (χ0v) is 11.6. The van der Waals surface area contributed by atoms with Crippen molar-refractivity contribution >= 4 is 5.91 Å². The molecule has 0 aromatic rings. The van der Waals surface area contributed by atoms with Crippen LogP contribution in [-0.4, -0.2) is 34.6 Å². The van der Waals surface area contributed by atoms with Gasteiger partial charge in [-0.3, -0.25) is 4.79 Å². The van der Waals surface area contributed by atoms with Gasteiger partial charge in [0.2, 0.25) is 5.91 Å². The van der Waals surface area contributed by atoms with E-state index in [0.717, 1.165) is 57.9 Å². The van der Waals surface area contributed by atoms with Crippen molar-refractivity contribution in [3.63, 3.8) is 0 Å². The average molecular weight is 253 g/mol. The Morgan fingerprint density at radius 1 is 1.22 bits per heavy atom. The quantitative estimate of drug-likeness (QED) is 0.765. The molecule has 3 atom stereocenters. The second-order valence-corrected chi connectivity index (χ2v) is 5.92. The summed E-state index contributed by atoms with van der Waals surface area (Å²) in [7, 11) is 0. The van der Waals surface area contributed by atoms with E-state index in [0.29, 0.717) is 24.3 Å². The van der Waals surface area contributed by atoms with E-state index in [-0.39, 0.29) is 6.10 Å². The zero-order valence-electron chi connectivity index (χ0n) is 11.6. The molecular weight excluding hydrogens is 226 g/mol. The summed E-state index contributed by atoms with van der Waals surface area (Å²) in [5.74, 6) is 0.674. The first-order valence-corrected chi connectivity index (χ1v) is 7.71. The lowest BCUT2D eigenvalue weighted by Crippen LogP contribution is -2.42. The number of rotatable bonds is 5. The van der Waals surface area contributed by atoms with Crippen molar-refractivity contribution in [1.82, 2.24) is 4.90 Å². The van der Waals surface area contributed by atoms with Gasteiger partial charge in [0.15, 0.2) is 0 Å².